The first-order valence-corrected chi connectivity index (χ1v) is 4.60. The quantitative estimate of drug-likeness (QED) is 0.611. The molecule has 0 aromatic carbocycles. The smallest absolute Gasteiger partial charge is 0.124 e. The summed E-state index contributed by atoms with van der Waals surface area (Å²) in [5.74, 6) is 0.983. The Bertz CT molecular complexity index is 152. The SMILES string of the molecule is CC1(F)CNCC1C1CCC1. The van der Waals surface area contributed by atoms with E-state index in [1.54, 1.807) is 6.92 Å². The van der Waals surface area contributed by atoms with Gasteiger partial charge in [0.05, 0.1) is 0 Å². The second-order valence-electron chi connectivity index (χ2n) is 4.21. The first-order valence-electron chi connectivity index (χ1n) is 4.60. The number of rotatable bonds is 1. The Morgan fingerprint density at radius 1 is 1.45 bits per heavy atom. The van der Waals surface area contributed by atoms with Crippen LogP contribution in [-0.2, 0) is 0 Å². The summed E-state index contributed by atoms with van der Waals surface area (Å²) in [5.41, 5.74) is -0.926. The van der Waals surface area contributed by atoms with Crippen molar-refractivity contribution < 1.29 is 4.39 Å². The van der Waals surface area contributed by atoms with Crippen LogP contribution in [0, 0.1) is 11.8 Å². The molecular formula is C9H16FN. The molecular weight excluding hydrogens is 141 g/mol. The van der Waals surface area contributed by atoms with Gasteiger partial charge >= 0.3 is 0 Å². The van der Waals surface area contributed by atoms with Crippen LogP contribution in [0.2, 0.25) is 0 Å². The fourth-order valence-electron chi connectivity index (χ4n) is 2.32. The van der Waals surface area contributed by atoms with Crippen LogP contribution in [0.4, 0.5) is 4.39 Å². The lowest BCUT2D eigenvalue weighted by atomic mass is 9.71. The van der Waals surface area contributed by atoms with E-state index in [0.717, 1.165) is 6.54 Å². The van der Waals surface area contributed by atoms with Crippen molar-refractivity contribution in [2.45, 2.75) is 31.9 Å². The van der Waals surface area contributed by atoms with E-state index < -0.39 is 5.67 Å². The van der Waals surface area contributed by atoms with E-state index in [9.17, 15) is 4.39 Å². The number of nitrogens with one attached hydrogen (secondary N) is 1. The molecule has 1 aliphatic carbocycles. The summed E-state index contributed by atoms with van der Waals surface area (Å²) in [6.07, 6.45) is 3.83. The minimum absolute atomic E-state index is 0.302. The molecule has 2 atom stereocenters. The zero-order valence-corrected chi connectivity index (χ0v) is 7.07. The van der Waals surface area contributed by atoms with Gasteiger partial charge in [-0.05, 0) is 12.8 Å². The third kappa shape index (κ3) is 1.18. The van der Waals surface area contributed by atoms with Crippen molar-refractivity contribution in [2.75, 3.05) is 13.1 Å². The van der Waals surface area contributed by atoms with E-state index in [1.165, 1.54) is 19.3 Å². The molecule has 11 heavy (non-hydrogen) atoms. The molecule has 0 bridgehead atoms. The molecule has 1 nitrogen and oxygen atoms in total. The molecule has 64 valence electrons. The van der Waals surface area contributed by atoms with Crippen molar-refractivity contribution in [3.8, 4) is 0 Å². The normalized spacial score (nSPS) is 45.8. The topological polar surface area (TPSA) is 12.0 Å². The molecule has 2 aliphatic rings. The second kappa shape index (κ2) is 2.44. The van der Waals surface area contributed by atoms with Gasteiger partial charge in [0.1, 0.15) is 5.67 Å². The predicted molar refractivity (Wildman–Crippen MR) is 43.2 cm³/mol. The van der Waals surface area contributed by atoms with Crippen molar-refractivity contribution in [3.63, 3.8) is 0 Å². The Morgan fingerprint density at radius 2 is 2.18 bits per heavy atom. The fraction of sp³-hybridized carbons (Fsp3) is 1.00. The Hall–Kier alpha value is -0.110. The zero-order valence-electron chi connectivity index (χ0n) is 7.07. The van der Waals surface area contributed by atoms with Crippen LogP contribution in [0.1, 0.15) is 26.2 Å². The molecule has 2 rings (SSSR count). The van der Waals surface area contributed by atoms with Crippen LogP contribution in [-0.4, -0.2) is 18.8 Å². The molecule has 2 fully saturated rings. The third-order valence-corrected chi connectivity index (χ3v) is 3.33. The highest BCUT2D eigenvalue weighted by Crippen LogP contribution is 2.41. The summed E-state index contributed by atoms with van der Waals surface area (Å²) in [6.45, 7) is 3.21. The summed E-state index contributed by atoms with van der Waals surface area (Å²) >= 11 is 0. The Kier molecular flexibility index (Phi) is 1.67. The molecule has 0 spiro atoms. The minimum atomic E-state index is -0.926. The average molecular weight is 157 g/mol. The highest BCUT2D eigenvalue weighted by Gasteiger charge is 2.44. The van der Waals surface area contributed by atoms with Crippen molar-refractivity contribution in [1.29, 1.82) is 0 Å². The van der Waals surface area contributed by atoms with E-state index in [2.05, 4.69) is 5.32 Å². The summed E-state index contributed by atoms with van der Waals surface area (Å²) < 4.78 is 13.7. The van der Waals surface area contributed by atoms with Crippen molar-refractivity contribution in [2.24, 2.45) is 11.8 Å². The van der Waals surface area contributed by atoms with Gasteiger partial charge in [-0.1, -0.05) is 19.3 Å². The van der Waals surface area contributed by atoms with Gasteiger partial charge in [-0.2, -0.15) is 0 Å². The van der Waals surface area contributed by atoms with Crippen molar-refractivity contribution in [1.82, 2.24) is 5.32 Å². The highest BCUT2D eigenvalue weighted by molar-refractivity contribution is 4.97. The molecule has 1 saturated carbocycles. The standard InChI is InChI=1S/C9H16FN/c1-9(10)6-11-5-8(9)7-3-2-4-7/h7-8,11H,2-6H2,1H3. The molecule has 1 heterocycles. The van der Waals surface area contributed by atoms with Gasteiger partial charge in [0, 0.05) is 19.0 Å². The number of alkyl halides is 1. The molecule has 2 heteroatoms. The van der Waals surface area contributed by atoms with Gasteiger partial charge in [0.2, 0.25) is 0 Å². The molecule has 0 aromatic heterocycles. The van der Waals surface area contributed by atoms with Crippen molar-refractivity contribution >= 4 is 0 Å². The fourth-order valence-corrected chi connectivity index (χ4v) is 2.32. The van der Waals surface area contributed by atoms with Crippen LogP contribution in [0.3, 0.4) is 0 Å². The van der Waals surface area contributed by atoms with E-state index in [-0.39, 0.29) is 0 Å². The largest absolute Gasteiger partial charge is 0.313 e. The van der Waals surface area contributed by atoms with Gasteiger partial charge in [0.15, 0.2) is 0 Å². The maximum Gasteiger partial charge on any atom is 0.124 e. The van der Waals surface area contributed by atoms with Crippen LogP contribution in [0.15, 0.2) is 0 Å². The molecule has 0 radical (unpaired) electrons. The highest BCUT2D eigenvalue weighted by atomic mass is 19.1. The zero-order chi connectivity index (χ0) is 7.90. The lowest BCUT2D eigenvalue weighted by molar-refractivity contribution is 0.0721. The van der Waals surface area contributed by atoms with Gasteiger partial charge < -0.3 is 5.32 Å². The molecule has 1 aliphatic heterocycles. The first-order chi connectivity index (χ1) is 5.20. The maximum atomic E-state index is 13.7. The summed E-state index contributed by atoms with van der Waals surface area (Å²) in [5, 5.41) is 3.14. The van der Waals surface area contributed by atoms with Crippen LogP contribution in [0.25, 0.3) is 0 Å². The Labute approximate surface area is 67.4 Å². The van der Waals surface area contributed by atoms with E-state index >= 15 is 0 Å². The van der Waals surface area contributed by atoms with Crippen molar-refractivity contribution in [3.05, 3.63) is 0 Å². The lowest BCUT2D eigenvalue weighted by Gasteiger charge is -2.35. The minimum Gasteiger partial charge on any atom is -0.313 e. The van der Waals surface area contributed by atoms with Gasteiger partial charge in [-0.25, -0.2) is 4.39 Å². The van der Waals surface area contributed by atoms with E-state index in [4.69, 9.17) is 0 Å². The number of hydrogen-bond acceptors (Lipinski definition) is 1. The van der Waals surface area contributed by atoms with E-state index in [0.29, 0.717) is 18.4 Å². The number of hydrogen-bond donors (Lipinski definition) is 1. The lowest BCUT2D eigenvalue weighted by Crippen LogP contribution is -2.36. The molecule has 2 unspecified atom stereocenters. The third-order valence-electron chi connectivity index (χ3n) is 3.33. The Morgan fingerprint density at radius 3 is 2.55 bits per heavy atom. The van der Waals surface area contributed by atoms with Gasteiger partial charge in [0.25, 0.3) is 0 Å². The van der Waals surface area contributed by atoms with Crippen LogP contribution in [0.5, 0.6) is 0 Å². The second-order valence-corrected chi connectivity index (χ2v) is 4.21. The van der Waals surface area contributed by atoms with Gasteiger partial charge in [-0.3, -0.25) is 0 Å². The monoisotopic (exact) mass is 157 g/mol. The molecule has 0 aromatic rings. The van der Waals surface area contributed by atoms with Crippen LogP contribution < -0.4 is 5.32 Å². The van der Waals surface area contributed by atoms with Crippen LogP contribution >= 0.6 is 0 Å². The summed E-state index contributed by atoms with van der Waals surface area (Å²) in [6, 6.07) is 0. The number of halogens is 1. The average Bonchev–Trinajstić information content (AvgIpc) is 2.07. The molecule has 1 N–H and O–H groups in total. The summed E-state index contributed by atoms with van der Waals surface area (Å²) in [4.78, 5) is 0. The predicted octanol–water partition coefficient (Wildman–Crippen LogP) is 1.73. The molecule has 0 amide bonds. The van der Waals surface area contributed by atoms with Gasteiger partial charge in [-0.15, -0.1) is 0 Å². The first kappa shape index (κ1) is 7.53. The Balaban J connectivity index is 2.00. The maximum absolute atomic E-state index is 13.7. The van der Waals surface area contributed by atoms with E-state index in [1.807, 2.05) is 0 Å². The molecule has 1 saturated heterocycles. The summed E-state index contributed by atoms with van der Waals surface area (Å²) in [7, 11) is 0.